The van der Waals surface area contributed by atoms with Crippen LogP contribution in [0.2, 0.25) is 0 Å². The molecule has 2 aliphatic carbocycles. The zero-order valence-electron chi connectivity index (χ0n) is 5.71. The lowest BCUT2D eigenvalue weighted by Crippen LogP contribution is -2.13. The smallest absolute Gasteiger partial charge is 0.0571 e. The minimum absolute atomic E-state index is 0.0671. The van der Waals surface area contributed by atoms with Crippen molar-refractivity contribution in [3.05, 3.63) is 0 Å². The molecule has 0 heterocycles. The Morgan fingerprint density at radius 1 is 1.00 bits per heavy atom. The molecular formula is C8H14O. The quantitative estimate of drug-likeness (QED) is 0.522. The highest BCUT2D eigenvalue weighted by atomic mass is 16.3. The average Bonchev–Trinajstić information content (AvgIpc) is 2.35. The van der Waals surface area contributed by atoms with Crippen molar-refractivity contribution >= 4 is 0 Å². The third kappa shape index (κ3) is 0.787. The summed E-state index contributed by atoms with van der Waals surface area (Å²) in [5.74, 6) is 1.60. The van der Waals surface area contributed by atoms with E-state index in [2.05, 4.69) is 0 Å². The average molecular weight is 126 g/mol. The lowest BCUT2D eigenvalue weighted by Gasteiger charge is -2.10. The molecule has 52 valence electrons. The molecule has 2 saturated carbocycles. The van der Waals surface area contributed by atoms with E-state index in [1.165, 1.54) is 25.7 Å². The maximum Gasteiger partial charge on any atom is 0.0571 e. The van der Waals surface area contributed by atoms with Gasteiger partial charge in [-0.3, -0.25) is 0 Å². The molecule has 0 saturated heterocycles. The van der Waals surface area contributed by atoms with Crippen molar-refractivity contribution in [2.45, 2.75) is 38.2 Å². The van der Waals surface area contributed by atoms with Crippen LogP contribution in [0.3, 0.4) is 0 Å². The van der Waals surface area contributed by atoms with Gasteiger partial charge in [0.1, 0.15) is 0 Å². The second-order valence-corrected chi connectivity index (χ2v) is 3.50. The Morgan fingerprint density at radius 2 is 1.89 bits per heavy atom. The molecular weight excluding hydrogens is 112 g/mol. The lowest BCUT2D eigenvalue weighted by molar-refractivity contribution is 0.126. The Morgan fingerprint density at radius 3 is 2.67 bits per heavy atom. The standard InChI is InChI=1S/C8H14O/c9-8-5-4-6-2-1-3-7(6)8/h6-9H,1-5H2/t6-,7-,8-/m1/s1. The fourth-order valence-corrected chi connectivity index (χ4v) is 2.53. The summed E-state index contributed by atoms with van der Waals surface area (Å²) in [7, 11) is 0. The van der Waals surface area contributed by atoms with Crippen LogP contribution in [0.1, 0.15) is 32.1 Å². The van der Waals surface area contributed by atoms with Crippen molar-refractivity contribution in [2.24, 2.45) is 11.8 Å². The summed E-state index contributed by atoms with van der Waals surface area (Å²) in [6.07, 6.45) is 6.50. The minimum atomic E-state index is 0.0671. The topological polar surface area (TPSA) is 20.2 Å². The molecule has 0 aromatic carbocycles. The van der Waals surface area contributed by atoms with Gasteiger partial charge in [-0.2, -0.15) is 0 Å². The Labute approximate surface area is 56.1 Å². The van der Waals surface area contributed by atoms with Crippen LogP contribution >= 0.6 is 0 Å². The molecule has 0 radical (unpaired) electrons. The minimum Gasteiger partial charge on any atom is -0.393 e. The maximum absolute atomic E-state index is 9.40. The van der Waals surface area contributed by atoms with Crippen molar-refractivity contribution in [2.75, 3.05) is 0 Å². The fraction of sp³-hybridized carbons (Fsp3) is 1.00. The van der Waals surface area contributed by atoms with Crippen LogP contribution in [0.4, 0.5) is 0 Å². The highest BCUT2D eigenvalue weighted by Crippen LogP contribution is 2.43. The molecule has 1 N–H and O–H groups in total. The number of aliphatic hydroxyl groups is 1. The Hall–Kier alpha value is -0.0400. The van der Waals surface area contributed by atoms with Gasteiger partial charge in [0.25, 0.3) is 0 Å². The van der Waals surface area contributed by atoms with E-state index in [4.69, 9.17) is 0 Å². The summed E-state index contributed by atoms with van der Waals surface area (Å²) in [5, 5.41) is 9.40. The van der Waals surface area contributed by atoms with Crippen molar-refractivity contribution in [3.63, 3.8) is 0 Å². The number of rotatable bonds is 0. The molecule has 1 nitrogen and oxygen atoms in total. The molecule has 0 aromatic heterocycles. The molecule has 0 aliphatic heterocycles. The van der Waals surface area contributed by atoms with Gasteiger partial charge < -0.3 is 5.11 Å². The molecule has 0 bridgehead atoms. The highest BCUT2D eigenvalue weighted by molar-refractivity contribution is 4.88. The zero-order valence-corrected chi connectivity index (χ0v) is 5.71. The van der Waals surface area contributed by atoms with Crippen LogP contribution < -0.4 is 0 Å². The Kier molecular flexibility index (Phi) is 1.26. The van der Waals surface area contributed by atoms with Gasteiger partial charge in [0, 0.05) is 0 Å². The molecule has 0 spiro atoms. The van der Waals surface area contributed by atoms with E-state index >= 15 is 0 Å². The van der Waals surface area contributed by atoms with E-state index in [1.54, 1.807) is 0 Å². The monoisotopic (exact) mass is 126 g/mol. The second-order valence-electron chi connectivity index (χ2n) is 3.50. The van der Waals surface area contributed by atoms with Crippen molar-refractivity contribution in [1.29, 1.82) is 0 Å². The van der Waals surface area contributed by atoms with Crippen LogP contribution in [0.25, 0.3) is 0 Å². The molecule has 0 aromatic rings. The summed E-state index contributed by atoms with van der Waals surface area (Å²) >= 11 is 0. The van der Waals surface area contributed by atoms with Crippen molar-refractivity contribution < 1.29 is 5.11 Å². The summed E-state index contributed by atoms with van der Waals surface area (Å²) in [6, 6.07) is 0. The fourth-order valence-electron chi connectivity index (χ4n) is 2.53. The van der Waals surface area contributed by atoms with Crippen molar-refractivity contribution in [3.8, 4) is 0 Å². The van der Waals surface area contributed by atoms with Crippen LogP contribution in [0.15, 0.2) is 0 Å². The molecule has 1 heteroatoms. The van der Waals surface area contributed by atoms with Gasteiger partial charge in [0.05, 0.1) is 6.10 Å². The van der Waals surface area contributed by atoms with Gasteiger partial charge in [0.15, 0.2) is 0 Å². The first-order valence-electron chi connectivity index (χ1n) is 4.06. The normalized spacial score (nSPS) is 49.7. The number of fused-ring (bicyclic) bond motifs is 1. The largest absolute Gasteiger partial charge is 0.393 e. The second kappa shape index (κ2) is 1.98. The van der Waals surface area contributed by atoms with Crippen molar-refractivity contribution in [1.82, 2.24) is 0 Å². The molecule has 2 aliphatic rings. The Bertz CT molecular complexity index is 111. The molecule has 2 fully saturated rings. The van der Waals surface area contributed by atoms with Crippen LogP contribution in [0, 0.1) is 11.8 Å². The van der Waals surface area contributed by atoms with Gasteiger partial charge in [-0.15, -0.1) is 0 Å². The van der Waals surface area contributed by atoms with E-state index in [9.17, 15) is 5.11 Å². The summed E-state index contributed by atoms with van der Waals surface area (Å²) in [5.41, 5.74) is 0. The van der Waals surface area contributed by atoms with Crippen LogP contribution in [-0.2, 0) is 0 Å². The first-order chi connectivity index (χ1) is 4.38. The molecule has 9 heavy (non-hydrogen) atoms. The third-order valence-electron chi connectivity index (χ3n) is 3.05. The Balaban J connectivity index is 2.07. The maximum atomic E-state index is 9.40. The van der Waals surface area contributed by atoms with E-state index < -0.39 is 0 Å². The summed E-state index contributed by atoms with van der Waals surface area (Å²) in [6.45, 7) is 0. The first kappa shape index (κ1) is 5.72. The third-order valence-corrected chi connectivity index (χ3v) is 3.05. The molecule has 0 amide bonds. The van der Waals surface area contributed by atoms with E-state index in [0.717, 1.165) is 12.3 Å². The van der Waals surface area contributed by atoms with Gasteiger partial charge in [-0.05, 0) is 31.1 Å². The molecule has 2 rings (SSSR count). The highest BCUT2D eigenvalue weighted by Gasteiger charge is 2.37. The first-order valence-corrected chi connectivity index (χ1v) is 4.06. The van der Waals surface area contributed by atoms with Crippen LogP contribution in [0.5, 0.6) is 0 Å². The van der Waals surface area contributed by atoms with E-state index in [0.29, 0.717) is 5.92 Å². The van der Waals surface area contributed by atoms with Crippen LogP contribution in [-0.4, -0.2) is 11.2 Å². The van der Waals surface area contributed by atoms with Gasteiger partial charge in [0.2, 0.25) is 0 Å². The molecule has 3 atom stereocenters. The summed E-state index contributed by atoms with van der Waals surface area (Å²) < 4.78 is 0. The number of aliphatic hydroxyl groups excluding tert-OH is 1. The predicted octanol–water partition coefficient (Wildman–Crippen LogP) is 1.56. The predicted molar refractivity (Wildman–Crippen MR) is 36.1 cm³/mol. The lowest BCUT2D eigenvalue weighted by atomic mass is 9.99. The SMILES string of the molecule is O[C@@H]1CC[C@H]2CCC[C@H]21. The van der Waals surface area contributed by atoms with E-state index in [1.807, 2.05) is 0 Å². The van der Waals surface area contributed by atoms with Gasteiger partial charge >= 0.3 is 0 Å². The van der Waals surface area contributed by atoms with Gasteiger partial charge in [-0.25, -0.2) is 0 Å². The molecule has 0 unspecified atom stereocenters. The van der Waals surface area contributed by atoms with E-state index in [-0.39, 0.29) is 6.10 Å². The van der Waals surface area contributed by atoms with Gasteiger partial charge in [-0.1, -0.05) is 12.8 Å². The summed E-state index contributed by atoms with van der Waals surface area (Å²) in [4.78, 5) is 0. The number of hydrogen-bond donors (Lipinski definition) is 1. The zero-order chi connectivity index (χ0) is 6.27. The number of hydrogen-bond acceptors (Lipinski definition) is 1.